The Morgan fingerprint density at radius 1 is 1.36 bits per heavy atom. The number of nitro groups is 1. The van der Waals surface area contributed by atoms with Gasteiger partial charge in [-0.2, -0.15) is 0 Å². The molecule has 0 amide bonds. The molecule has 22 heavy (non-hydrogen) atoms. The van der Waals surface area contributed by atoms with E-state index in [0.29, 0.717) is 29.8 Å². The first-order valence-corrected chi connectivity index (χ1v) is 7.65. The van der Waals surface area contributed by atoms with Crippen LogP contribution < -0.4 is 10.1 Å². The summed E-state index contributed by atoms with van der Waals surface area (Å²) in [5.74, 6) is 1.38. The summed E-state index contributed by atoms with van der Waals surface area (Å²) in [7, 11) is 0. The monoisotopic (exact) mass is 307 g/mol. The van der Waals surface area contributed by atoms with Crippen LogP contribution in [0.25, 0.3) is 0 Å². The van der Waals surface area contributed by atoms with E-state index in [1.54, 1.807) is 0 Å². The number of benzene rings is 1. The Morgan fingerprint density at radius 3 is 2.64 bits per heavy atom. The van der Waals surface area contributed by atoms with Crippen molar-refractivity contribution in [3.05, 3.63) is 34.4 Å². The van der Waals surface area contributed by atoms with E-state index in [1.807, 2.05) is 38.1 Å². The summed E-state index contributed by atoms with van der Waals surface area (Å²) in [4.78, 5) is 15.0. The molecule has 0 heterocycles. The lowest BCUT2D eigenvalue weighted by atomic mass is 10.0. The van der Waals surface area contributed by atoms with E-state index in [-0.39, 0.29) is 17.5 Å². The molecule has 1 rings (SSSR count). The predicted octanol–water partition coefficient (Wildman–Crippen LogP) is 3.61. The molecule has 0 aliphatic rings. The topological polar surface area (TPSA) is 76.8 Å². The van der Waals surface area contributed by atoms with Gasteiger partial charge in [0, 0.05) is 4.92 Å². The minimum atomic E-state index is -0.377. The number of hydrogen-bond donors (Lipinski definition) is 1. The van der Waals surface area contributed by atoms with Crippen molar-refractivity contribution in [3.63, 3.8) is 0 Å². The van der Waals surface area contributed by atoms with Crippen LogP contribution in [0.4, 0.5) is 5.69 Å². The number of para-hydroxylation sites is 2. The molecule has 0 fully saturated rings. The van der Waals surface area contributed by atoms with Crippen molar-refractivity contribution < 1.29 is 9.66 Å². The van der Waals surface area contributed by atoms with Gasteiger partial charge in [0.05, 0.1) is 18.3 Å². The van der Waals surface area contributed by atoms with Crippen LogP contribution in [0.15, 0.2) is 29.3 Å². The molecule has 0 radical (unpaired) electrons. The highest BCUT2D eigenvalue weighted by molar-refractivity contribution is 5.97. The Labute approximate surface area is 131 Å². The zero-order chi connectivity index (χ0) is 16.5. The van der Waals surface area contributed by atoms with Gasteiger partial charge in [-0.15, -0.1) is 0 Å². The molecule has 6 nitrogen and oxygen atoms in total. The summed E-state index contributed by atoms with van der Waals surface area (Å²) in [6.45, 7) is 8.25. The van der Waals surface area contributed by atoms with Crippen LogP contribution in [-0.2, 0) is 0 Å². The number of ether oxygens (including phenoxy) is 1. The van der Waals surface area contributed by atoms with Crippen LogP contribution in [0.2, 0.25) is 0 Å². The Balaban J connectivity index is 2.99. The van der Waals surface area contributed by atoms with Gasteiger partial charge in [-0.25, -0.2) is 0 Å². The van der Waals surface area contributed by atoms with Crippen LogP contribution >= 0.6 is 0 Å². The first-order valence-electron chi connectivity index (χ1n) is 7.65. The van der Waals surface area contributed by atoms with Gasteiger partial charge in [0.2, 0.25) is 0 Å². The highest BCUT2D eigenvalue weighted by atomic mass is 16.6. The Kier molecular flexibility index (Phi) is 7.36. The van der Waals surface area contributed by atoms with Crippen molar-refractivity contribution in [2.45, 2.75) is 40.2 Å². The van der Waals surface area contributed by atoms with Crippen molar-refractivity contribution >= 4 is 11.5 Å². The van der Waals surface area contributed by atoms with Crippen molar-refractivity contribution in [2.75, 3.05) is 18.5 Å². The second kappa shape index (κ2) is 9.02. The normalized spacial score (nSPS) is 14.3. The Morgan fingerprint density at radius 2 is 2.05 bits per heavy atom. The molecule has 1 aromatic rings. The summed E-state index contributed by atoms with van der Waals surface area (Å²) < 4.78 is 5.53. The maximum absolute atomic E-state index is 10.9. The number of aliphatic imine (C=N–C) groups is 1. The summed E-state index contributed by atoms with van der Waals surface area (Å²) in [5, 5.41) is 13.9. The molecule has 1 aromatic carbocycles. The highest BCUT2D eigenvalue weighted by Crippen LogP contribution is 2.24. The van der Waals surface area contributed by atoms with E-state index in [2.05, 4.69) is 24.2 Å². The average Bonchev–Trinajstić information content (AvgIpc) is 2.47. The van der Waals surface area contributed by atoms with Crippen molar-refractivity contribution in [3.8, 4) is 5.75 Å². The quantitative estimate of drug-likeness (QED) is 0.344. The second-order valence-electron chi connectivity index (χ2n) is 5.25. The van der Waals surface area contributed by atoms with Crippen LogP contribution in [-0.4, -0.2) is 30.0 Å². The van der Waals surface area contributed by atoms with Crippen LogP contribution in [0.3, 0.4) is 0 Å². The molecule has 0 spiro atoms. The van der Waals surface area contributed by atoms with E-state index in [4.69, 9.17) is 4.74 Å². The molecule has 2 unspecified atom stereocenters. The maximum atomic E-state index is 10.9. The third kappa shape index (κ3) is 5.71. The largest absolute Gasteiger partial charge is 0.492 e. The third-order valence-electron chi connectivity index (χ3n) is 3.57. The summed E-state index contributed by atoms with van der Waals surface area (Å²) >= 11 is 0. The van der Waals surface area contributed by atoms with Gasteiger partial charge in [0.25, 0.3) is 6.54 Å². The first kappa shape index (κ1) is 17.9. The van der Waals surface area contributed by atoms with Gasteiger partial charge in [-0.3, -0.25) is 15.1 Å². The van der Waals surface area contributed by atoms with Gasteiger partial charge in [0.15, 0.2) is 5.84 Å². The number of amidine groups is 1. The van der Waals surface area contributed by atoms with Gasteiger partial charge >= 0.3 is 0 Å². The number of nitrogens with one attached hydrogen (secondary N) is 1. The SMILES string of the molecule is CCOc1ccccc1NC(C[N+](=O)[O-])=NC(C)C(C)CC. The molecule has 0 aliphatic heterocycles. The van der Waals surface area contributed by atoms with Crippen molar-refractivity contribution in [1.82, 2.24) is 0 Å². The smallest absolute Gasteiger partial charge is 0.260 e. The molecular weight excluding hydrogens is 282 g/mol. The lowest BCUT2D eigenvalue weighted by Crippen LogP contribution is -2.26. The molecule has 6 heteroatoms. The number of nitrogens with zero attached hydrogens (tertiary/aromatic N) is 2. The molecule has 2 atom stereocenters. The molecule has 122 valence electrons. The fraction of sp³-hybridized carbons (Fsp3) is 0.562. The highest BCUT2D eigenvalue weighted by Gasteiger charge is 2.15. The van der Waals surface area contributed by atoms with Crippen LogP contribution in [0, 0.1) is 16.0 Å². The van der Waals surface area contributed by atoms with Gasteiger partial charge in [-0.05, 0) is 31.9 Å². The van der Waals surface area contributed by atoms with Crippen molar-refractivity contribution in [1.29, 1.82) is 0 Å². The zero-order valence-corrected chi connectivity index (χ0v) is 13.7. The maximum Gasteiger partial charge on any atom is 0.260 e. The lowest BCUT2D eigenvalue weighted by molar-refractivity contribution is -0.463. The van der Waals surface area contributed by atoms with Gasteiger partial charge in [-0.1, -0.05) is 32.4 Å². The van der Waals surface area contributed by atoms with Crippen molar-refractivity contribution in [2.24, 2.45) is 10.9 Å². The molecule has 0 saturated carbocycles. The predicted molar refractivity (Wildman–Crippen MR) is 89.4 cm³/mol. The number of hydrogen-bond acceptors (Lipinski definition) is 4. The third-order valence-corrected chi connectivity index (χ3v) is 3.57. The van der Waals surface area contributed by atoms with Gasteiger partial charge in [0.1, 0.15) is 5.75 Å². The van der Waals surface area contributed by atoms with E-state index >= 15 is 0 Å². The zero-order valence-electron chi connectivity index (χ0n) is 13.7. The molecule has 0 bridgehead atoms. The fourth-order valence-corrected chi connectivity index (χ4v) is 1.96. The molecule has 0 saturated heterocycles. The number of rotatable bonds is 8. The second-order valence-corrected chi connectivity index (χ2v) is 5.25. The Bertz CT molecular complexity index is 517. The minimum absolute atomic E-state index is 0.0201. The Hall–Kier alpha value is -2.11. The van der Waals surface area contributed by atoms with E-state index in [9.17, 15) is 10.1 Å². The fourth-order valence-electron chi connectivity index (χ4n) is 1.96. The average molecular weight is 307 g/mol. The molecular formula is C16H25N3O3. The lowest BCUT2D eigenvalue weighted by Gasteiger charge is -2.17. The minimum Gasteiger partial charge on any atom is -0.492 e. The molecule has 0 aliphatic carbocycles. The van der Waals surface area contributed by atoms with E-state index < -0.39 is 0 Å². The van der Waals surface area contributed by atoms with Gasteiger partial charge < -0.3 is 10.1 Å². The molecule has 1 N–H and O–H groups in total. The standard InChI is InChI=1S/C16H25N3O3/c1-5-12(3)13(4)17-16(11-19(20)21)18-14-9-7-8-10-15(14)22-6-2/h7-10,12-13H,5-6,11H2,1-4H3,(H,17,18). The van der Waals surface area contributed by atoms with E-state index in [1.165, 1.54) is 0 Å². The summed E-state index contributed by atoms with van der Waals surface area (Å²) in [5.41, 5.74) is 0.696. The van der Waals surface area contributed by atoms with Crippen LogP contribution in [0.5, 0.6) is 5.75 Å². The van der Waals surface area contributed by atoms with E-state index in [0.717, 1.165) is 6.42 Å². The summed E-state index contributed by atoms with van der Waals surface area (Å²) in [6.07, 6.45) is 0.978. The summed E-state index contributed by atoms with van der Waals surface area (Å²) in [6, 6.07) is 7.39. The van der Waals surface area contributed by atoms with Crippen LogP contribution in [0.1, 0.15) is 34.1 Å². The molecule has 0 aromatic heterocycles. The number of anilines is 1. The first-order chi connectivity index (χ1) is 10.5.